The first-order valence-corrected chi connectivity index (χ1v) is 6.63. The van der Waals surface area contributed by atoms with E-state index in [1.54, 1.807) is 18.4 Å². The van der Waals surface area contributed by atoms with Gasteiger partial charge in [-0.3, -0.25) is 4.90 Å². The predicted molar refractivity (Wildman–Crippen MR) is 65.3 cm³/mol. The Bertz CT molecular complexity index is 551. The summed E-state index contributed by atoms with van der Waals surface area (Å²) in [5.41, 5.74) is 0. The van der Waals surface area contributed by atoms with Crippen molar-refractivity contribution < 1.29 is 13.7 Å². The highest BCUT2D eigenvalue weighted by molar-refractivity contribution is 5.42. The van der Waals surface area contributed by atoms with Crippen LogP contribution in [0.2, 0.25) is 0 Å². The van der Waals surface area contributed by atoms with E-state index < -0.39 is 0 Å². The average Bonchev–Trinajstić information content (AvgIpc) is 3.18. The first-order valence-electron chi connectivity index (χ1n) is 6.63. The largest absolute Gasteiger partial charge is 0.459 e. The lowest BCUT2D eigenvalue weighted by molar-refractivity contribution is -0.0548. The van der Waals surface area contributed by atoms with Crippen LogP contribution in [-0.4, -0.2) is 40.8 Å². The third-order valence-corrected chi connectivity index (χ3v) is 3.85. The van der Waals surface area contributed by atoms with E-state index in [-0.39, 0.29) is 6.10 Å². The maximum absolute atomic E-state index is 5.85. The summed E-state index contributed by atoms with van der Waals surface area (Å²) in [6, 6.07) is 4.17. The van der Waals surface area contributed by atoms with Crippen LogP contribution in [0.4, 0.5) is 0 Å². The van der Waals surface area contributed by atoms with Gasteiger partial charge in [0, 0.05) is 12.6 Å². The molecule has 0 spiro atoms. The second kappa shape index (κ2) is 4.47. The molecule has 0 bridgehead atoms. The van der Waals surface area contributed by atoms with E-state index in [1.807, 2.05) is 0 Å². The number of rotatable bonds is 2. The van der Waals surface area contributed by atoms with Crippen molar-refractivity contribution in [2.45, 2.75) is 25.0 Å². The SMILES string of the molecule is c1coc(-c2nc([C@@H]3CN4CCC[C@H]4CO3)no2)c1. The number of fused-ring (bicyclic) bond motifs is 1. The van der Waals surface area contributed by atoms with Crippen molar-refractivity contribution >= 4 is 0 Å². The Balaban J connectivity index is 1.53. The molecule has 6 nitrogen and oxygen atoms in total. The van der Waals surface area contributed by atoms with Crippen LogP contribution >= 0.6 is 0 Å². The van der Waals surface area contributed by atoms with Crippen LogP contribution < -0.4 is 0 Å². The number of hydrogen-bond donors (Lipinski definition) is 0. The van der Waals surface area contributed by atoms with E-state index in [4.69, 9.17) is 13.7 Å². The second-order valence-electron chi connectivity index (χ2n) is 5.05. The molecule has 2 aliphatic heterocycles. The van der Waals surface area contributed by atoms with Gasteiger partial charge < -0.3 is 13.7 Å². The van der Waals surface area contributed by atoms with Crippen molar-refractivity contribution in [2.75, 3.05) is 19.7 Å². The third kappa shape index (κ3) is 1.97. The molecule has 0 aromatic carbocycles. The number of morpholine rings is 1. The van der Waals surface area contributed by atoms with Gasteiger partial charge in [-0.05, 0) is 31.5 Å². The Morgan fingerprint density at radius 3 is 3.26 bits per heavy atom. The fraction of sp³-hybridized carbons (Fsp3) is 0.538. The van der Waals surface area contributed by atoms with Crippen LogP contribution in [-0.2, 0) is 4.74 Å². The minimum absolute atomic E-state index is 0.0955. The van der Waals surface area contributed by atoms with Gasteiger partial charge in [-0.1, -0.05) is 5.16 Å². The zero-order chi connectivity index (χ0) is 12.7. The number of hydrogen-bond acceptors (Lipinski definition) is 6. The molecule has 0 saturated carbocycles. The molecule has 4 rings (SSSR count). The Labute approximate surface area is 110 Å². The van der Waals surface area contributed by atoms with Crippen molar-refractivity contribution in [3.63, 3.8) is 0 Å². The highest BCUT2D eigenvalue weighted by atomic mass is 16.5. The van der Waals surface area contributed by atoms with Crippen LogP contribution in [0.5, 0.6) is 0 Å². The topological polar surface area (TPSA) is 64.5 Å². The minimum Gasteiger partial charge on any atom is -0.459 e. The van der Waals surface area contributed by atoms with E-state index in [0.717, 1.165) is 19.7 Å². The van der Waals surface area contributed by atoms with Gasteiger partial charge in [0.2, 0.25) is 5.82 Å². The summed E-state index contributed by atoms with van der Waals surface area (Å²) in [5, 5.41) is 4.01. The summed E-state index contributed by atoms with van der Waals surface area (Å²) in [4.78, 5) is 6.82. The maximum atomic E-state index is 5.85. The average molecular weight is 261 g/mol. The molecule has 0 unspecified atom stereocenters. The van der Waals surface area contributed by atoms with E-state index in [2.05, 4.69) is 15.0 Å². The van der Waals surface area contributed by atoms with Gasteiger partial charge in [-0.15, -0.1) is 0 Å². The summed E-state index contributed by atoms with van der Waals surface area (Å²) in [5.74, 6) is 1.61. The lowest BCUT2D eigenvalue weighted by Gasteiger charge is -2.33. The highest BCUT2D eigenvalue weighted by Crippen LogP contribution is 2.29. The zero-order valence-electron chi connectivity index (χ0n) is 10.5. The van der Waals surface area contributed by atoms with Gasteiger partial charge in [0.1, 0.15) is 6.10 Å². The van der Waals surface area contributed by atoms with Gasteiger partial charge in [0.15, 0.2) is 5.76 Å². The molecule has 2 aliphatic rings. The number of furan rings is 1. The zero-order valence-corrected chi connectivity index (χ0v) is 10.5. The summed E-state index contributed by atoms with van der Waals surface area (Å²) >= 11 is 0. The number of aromatic nitrogens is 2. The summed E-state index contributed by atoms with van der Waals surface area (Å²) in [6.07, 6.45) is 3.98. The lowest BCUT2D eigenvalue weighted by Crippen LogP contribution is -2.42. The van der Waals surface area contributed by atoms with Gasteiger partial charge in [0.05, 0.1) is 12.9 Å². The first kappa shape index (κ1) is 11.2. The Morgan fingerprint density at radius 2 is 2.37 bits per heavy atom. The Kier molecular flexibility index (Phi) is 2.63. The van der Waals surface area contributed by atoms with Crippen molar-refractivity contribution in [2.24, 2.45) is 0 Å². The molecule has 0 aliphatic carbocycles. The molecule has 6 heteroatoms. The fourth-order valence-corrected chi connectivity index (χ4v) is 2.84. The molecule has 100 valence electrons. The summed E-state index contributed by atoms with van der Waals surface area (Å²) in [7, 11) is 0. The normalized spacial score (nSPS) is 27.6. The van der Waals surface area contributed by atoms with Crippen molar-refractivity contribution in [3.8, 4) is 11.7 Å². The first-order chi connectivity index (χ1) is 9.40. The summed E-state index contributed by atoms with van der Waals surface area (Å²) in [6.45, 7) is 2.75. The van der Waals surface area contributed by atoms with E-state index in [1.165, 1.54) is 12.8 Å². The molecule has 2 atom stereocenters. The van der Waals surface area contributed by atoms with Gasteiger partial charge in [-0.25, -0.2) is 0 Å². The van der Waals surface area contributed by atoms with Crippen LogP contribution in [0.3, 0.4) is 0 Å². The molecule has 0 radical (unpaired) electrons. The minimum atomic E-state index is -0.0955. The van der Waals surface area contributed by atoms with Crippen LogP contribution in [0, 0.1) is 0 Å². The van der Waals surface area contributed by atoms with Gasteiger partial charge >= 0.3 is 0 Å². The van der Waals surface area contributed by atoms with Gasteiger partial charge in [-0.2, -0.15) is 4.98 Å². The standard InChI is InChI=1S/C13H15N3O3/c1-3-9-8-18-11(7-16(9)5-1)12-14-13(19-15-12)10-4-2-6-17-10/h2,4,6,9,11H,1,3,5,7-8H2/t9-,11-/m0/s1. The molecule has 2 aromatic heterocycles. The predicted octanol–water partition coefficient (Wildman–Crippen LogP) is 1.87. The number of nitrogens with zero attached hydrogens (tertiary/aromatic N) is 3. The van der Waals surface area contributed by atoms with E-state index >= 15 is 0 Å². The second-order valence-corrected chi connectivity index (χ2v) is 5.05. The van der Waals surface area contributed by atoms with Crippen LogP contribution in [0.25, 0.3) is 11.7 Å². The van der Waals surface area contributed by atoms with E-state index in [0.29, 0.717) is 23.5 Å². The molecule has 2 fully saturated rings. The molecular formula is C13H15N3O3. The van der Waals surface area contributed by atoms with E-state index in [9.17, 15) is 0 Å². The monoisotopic (exact) mass is 261 g/mol. The molecule has 0 amide bonds. The number of ether oxygens (including phenoxy) is 1. The molecule has 2 saturated heterocycles. The van der Waals surface area contributed by atoms with Crippen molar-refractivity contribution in [1.29, 1.82) is 0 Å². The quantitative estimate of drug-likeness (QED) is 0.822. The fourth-order valence-electron chi connectivity index (χ4n) is 2.84. The molecular weight excluding hydrogens is 246 g/mol. The molecule has 2 aromatic rings. The van der Waals surface area contributed by atoms with Crippen LogP contribution in [0.15, 0.2) is 27.3 Å². The molecule has 0 N–H and O–H groups in total. The van der Waals surface area contributed by atoms with Crippen LogP contribution in [0.1, 0.15) is 24.8 Å². The lowest BCUT2D eigenvalue weighted by atomic mass is 10.2. The Morgan fingerprint density at radius 1 is 1.37 bits per heavy atom. The van der Waals surface area contributed by atoms with Crippen molar-refractivity contribution in [3.05, 3.63) is 24.2 Å². The maximum Gasteiger partial charge on any atom is 0.293 e. The third-order valence-electron chi connectivity index (χ3n) is 3.85. The smallest absolute Gasteiger partial charge is 0.293 e. The summed E-state index contributed by atoms with van der Waals surface area (Å²) < 4.78 is 16.3. The van der Waals surface area contributed by atoms with Gasteiger partial charge in [0.25, 0.3) is 5.89 Å². The Hall–Kier alpha value is -1.66. The van der Waals surface area contributed by atoms with Crippen molar-refractivity contribution in [1.82, 2.24) is 15.0 Å². The molecule has 4 heterocycles. The molecule has 19 heavy (non-hydrogen) atoms. The highest BCUT2D eigenvalue weighted by Gasteiger charge is 2.35.